The van der Waals surface area contributed by atoms with Crippen LogP contribution in [0.15, 0.2) is 0 Å². The van der Waals surface area contributed by atoms with Crippen LogP contribution in [-0.4, -0.2) is 38.0 Å². The average molecular weight is 181 g/mol. The summed E-state index contributed by atoms with van der Waals surface area (Å²) in [5.74, 6) is 0.000772. The lowest BCUT2D eigenvalue weighted by Crippen LogP contribution is -2.22. The van der Waals surface area contributed by atoms with Gasteiger partial charge in [-0.1, -0.05) is 0 Å². The normalized spacial score (nSPS) is 19.3. The predicted octanol–water partition coefficient (Wildman–Crippen LogP) is 0.108. The predicted molar refractivity (Wildman–Crippen MR) is 45.0 cm³/mol. The first kappa shape index (κ1) is 11.1. The molecule has 68 valence electrons. The van der Waals surface area contributed by atoms with Gasteiger partial charge in [-0.05, 0) is 6.54 Å². The van der Waals surface area contributed by atoms with Crippen molar-refractivity contribution in [3.63, 3.8) is 0 Å². The summed E-state index contributed by atoms with van der Waals surface area (Å²) in [5, 5.41) is 0. The van der Waals surface area contributed by atoms with E-state index in [1.807, 2.05) is 0 Å². The van der Waals surface area contributed by atoms with E-state index in [1.165, 1.54) is 6.66 Å². The first-order valence-electron chi connectivity index (χ1n) is 3.48. The van der Waals surface area contributed by atoms with Crippen molar-refractivity contribution in [3.8, 4) is 0 Å². The minimum Gasteiger partial charge on any atom is -0.384 e. The number of nitrogens with two attached hydrogens (primary N) is 1. The molecule has 4 nitrogen and oxygen atoms in total. The van der Waals surface area contributed by atoms with Gasteiger partial charge in [-0.15, -0.1) is 0 Å². The Balaban J connectivity index is 3.78. The molecule has 0 aromatic rings. The van der Waals surface area contributed by atoms with E-state index in [4.69, 9.17) is 15.4 Å². The second-order valence-corrected chi connectivity index (χ2v) is 5.26. The molecule has 0 bridgehead atoms. The molecule has 0 amide bonds. The van der Waals surface area contributed by atoms with Crippen LogP contribution >= 0.6 is 7.37 Å². The van der Waals surface area contributed by atoms with Crippen molar-refractivity contribution in [2.75, 3.05) is 33.1 Å². The quantitative estimate of drug-likeness (QED) is 0.590. The maximum atomic E-state index is 10.9. The Kier molecular flexibility index (Phi) is 4.93. The standard InChI is InChI=1S/C6H16NO3P/c1-10-4-6(3-7)5-11(2,8)9/h6H,3-5,7H2,1-2H3,(H,8,9). The maximum Gasteiger partial charge on any atom is 0.198 e. The molecule has 5 heteroatoms. The van der Waals surface area contributed by atoms with Gasteiger partial charge < -0.3 is 15.4 Å². The molecule has 0 aromatic heterocycles. The van der Waals surface area contributed by atoms with Crippen molar-refractivity contribution < 1.29 is 14.2 Å². The van der Waals surface area contributed by atoms with Crippen molar-refractivity contribution >= 4 is 7.37 Å². The summed E-state index contributed by atoms with van der Waals surface area (Å²) in [6.07, 6.45) is 0.247. The van der Waals surface area contributed by atoms with Gasteiger partial charge >= 0.3 is 0 Å². The van der Waals surface area contributed by atoms with E-state index in [-0.39, 0.29) is 12.1 Å². The Morgan fingerprint density at radius 2 is 2.27 bits per heavy atom. The van der Waals surface area contributed by atoms with Gasteiger partial charge in [-0.2, -0.15) is 0 Å². The molecule has 0 rings (SSSR count). The van der Waals surface area contributed by atoms with Crippen molar-refractivity contribution in [3.05, 3.63) is 0 Å². The highest BCUT2D eigenvalue weighted by Gasteiger charge is 2.17. The first-order chi connectivity index (χ1) is 4.99. The molecule has 0 fully saturated rings. The Morgan fingerprint density at radius 1 is 1.73 bits per heavy atom. The Bertz CT molecular complexity index is 145. The van der Waals surface area contributed by atoms with Gasteiger partial charge in [-0.25, -0.2) is 0 Å². The highest BCUT2D eigenvalue weighted by atomic mass is 31.2. The third-order valence-corrected chi connectivity index (χ3v) is 2.53. The van der Waals surface area contributed by atoms with Crippen molar-refractivity contribution in [1.82, 2.24) is 0 Å². The van der Waals surface area contributed by atoms with Crippen LogP contribution in [0.25, 0.3) is 0 Å². The zero-order valence-corrected chi connectivity index (χ0v) is 7.88. The lowest BCUT2D eigenvalue weighted by Gasteiger charge is -2.14. The van der Waals surface area contributed by atoms with E-state index < -0.39 is 7.37 Å². The number of hydrogen-bond donors (Lipinski definition) is 2. The van der Waals surface area contributed by atoms with Crippen molar-refractivity contribution in [2.24, 2.45) is 11.7 Å². The van der Waals surface area contributed by atoms with E-state index in [0.29, 0.717) is 13.2 Å². The lowest BCUT2D eigenvalue weighted by atomic mass is 10.2. The molecule has 0 aromatic carbocycles. The molecule has 0 aliphatic carbocycles. The van der Waals surface area contributed by atoms with Gasteiger partial charge in [0.2, 0.25) is 0 Å². The fourth-order valence-electron chi connectivity index (χ4n) is 0.910. The SMILES string of the molecule is COCC(CN)CP(C)(=O)O. The molecule has 3 N–H and O–H groups in total. The number of ether oxygens (including phenoxy) is 1. The molecular weight excluding hydrogens is 165 g/mol. The average Bonchev–Trinajstić information content (AvgIpc) is 1.84. The third kappa shape index (κ3) is 6.51. The molecule has 0 aliphatic heterocycles. The van der Waals surface area contributed by atoms with E-state index in [0.717, 1.165) is 0 Å². The minimum absolute atomic E-state index is 0.000772. The largest absolute Gasteiger partial charge is 0.384 e. The molecule has 0 heterocycles. The molecular formula is C6H16NO3P. The topological polar surface area (TPSA) is 72.5 Å². The Labute approximate surface area is 67.2 Å². The molecule has 0 aliphatic rings. The number of rotatable bonds is 5. The summed E-state index contributed by atoms with van der Waals surface area (Å²) in [5.41, 5.74) is 5.35. The summed E-state index contributed by atoms with van der Waals surface area (Å²) in [7, 11) is -1.37. The van der Waals surface area contributed by atoms with Gasteiger partial charge in [-0.3, -0.25) is 4.57 Å². The minimum atomic E-state index is -2.93. The zero-order chi connectivity index (χ0) is 8.91. The van der Waals surface area contributed by atoms with Crippen LogP contribution in [0.1, 0.15) is 0 Å². The van der Waals surface area contributed by atoms with Gasteiger partial charge in [0, 0.05) is 25.9 Å². The van der Waals surface area contributed by atoms with Crippen LogP contribution in [0.2, 0.25) is 0 Å². The smallest absolute Gasteiger partial charge is 0.198 e. The van der Waals surface area contributed by atoms with Crippen LogP contribution in [0.3, 0.4) is 0 Å². The fraction of sp³-hybridized carbons (Fsp3) is 1.00. The molecule has 2 unspecified atom stereocenters. The van der Waals surface area contributed by atoms with Crippen molar-refractivity contribution in [1.29, 1.82) is 0 Å². The second-order valence-electron chi connectivity index (χ2n) is 2.79. The monoisotopic (exact) mass is 181 g/mol. The summed E-state index contributed by atoms with van der Waals surface area (Å²) >= 11 is 0. The molecule has 0 saturated carbocycles. The fourth-order valence-corrected chi connectivity index (χ4v) is 2.12. The van der Waals surface area contributed by atoms with E-state index in [1.54, 1.807) is 7.11 Å². The Hall–Kier alpha value is 0.110. The van der Waals surface area contributed by atoms with Crippen LogP contribution in [-0.2, 0) is 9.30 Å². The third-order valence-electron chi connectivity index (χ3n) is 1.33. The van der Waals surface area contributed by atoms with Gasteiger partial charge in [0.15, 0.2) is 7.37 Å². The highest BCUT2D eigenvalue weighted by Crippen LogP contribution is 2.37. The first-order valence-corrected chi connectivity index (χ1v) is 5.77. The maximum absolute atomic E-state index is 10.9. The van der Waals surface area contributed by atoms with Gasteiger partial charge in [0.25, 0.3) is 0 Å². The lowest BCUT2D eigenvalue weighted by molar-refractivity contribution is 0.162. The summed E-state index contributed by atoms with van der Waals surface area (Å²) in [6.45, 7) is 2.19. The Morgan fingerprint density at radius 3 is 2.55 bits per heavy atom. The van der Waals surface area contributed by atoms with E-state index in [2.05, 4.69) is 0 Å². The highest BCUT2D eigenvalue weighted by molar-refractivity contribution is 7.57. The second kappa shape index (κ2) is 4.88. The van der Waals surface area contributed by atoms with Gasteiger partial charge in [0.05, 0.1) is 6.61 Å². The number of hydrogen-bond acceptors (Lipinski definition) is 3. The summed E-state index contributed by atoms with van der Waals surface area (Å²) in [6, 6.07) is 0. The van der Waals surface area contributed by atoms with Crippen LogP contribution in [0.4, 0.5) is 0 Å². The van der Waals surface area contributed by atoms with Gasteiger partial charge in [0.1, 0.15) is 0 Å². The zero-order valence-electron chi connectivity index (χ0n) is 6.99. The molecule has 11 heavy (non-hydrogen) atoms. The van der Waals surface area contributed by atoms with Crippen LogP contribution in [0, 0.1) is 5.92 Å². The molecule has 2 atom stereocenters. The van der Waals surface area contributed by atoms with Crippen LogP contribution < -0.4 is 5.73 Å². The summed E-state index contributed by atoms with van der Waals surface area (Å²) < 4.78 is 15.7. The molecule has 0 saturated heterocycles. The summed E-state index contributed by atoms with van der Waals surface area (Å²) in [4.78, 5) is 8.99. The molecule has 0 radical (unpaired) electrons. The number of methoxy groups -OCH3 is 1. The molecule has 0 spiro atoms. The van der Waals surface area contributed by atoms with Crippen molar-refractivity contribution in [2.45, 2.75) is 0 Å². The van der Waals surface area contributed by atoms with E-state index >= 15 is 0 Å². The van der Waals surface area contributed by atoms with E-state index in [9.17, 15) is 4.57 Å². The van der Waals surface area contributed by atoms with Crippen LogP contribution in [0.5, 0.6) is 0 Å².